The lowest BCUT2D eigenvalue weighted by Crippen LogP contribution is -2.29. The number of aliphatic hydroxyl groups excluding tert-OH is 1. The Morgan fingerprint density at radius 1 is 1.46 bits per heavy atom. The van der Waals surface area contributed by atoms with Crippen LogP contribution in [0.25, 0.3) is 0 Å². The van der Waals surface area contributed by atoms with Crippen molar-refractivity contribution in [3.05, 3.63) is 34.3 Å². The third-order valence-corrected chi connectivity index (χ3v) is 2.89. The van der Waals surface area contributed by atoms with Gasteiger partial charge in [0, 0.05) is 11.6 Å². The molecule has 72 valence electrons. The van der Waals surface area contributed by atoms with Crippen LogP contribution in [0.1, 0.15) is 12.5 Å². The Bertz CT molecular complexity index is 282. The summed E-state index contributed by atoms with van der Waals surface area (Å²) in [6.45, 7) is 1.82. The summed E-state index contributed by atoms with van der Waals surface area (Å²) < 4.78 is 6.23. The zero-order valence-corrected chi connectivity index (χ0v) is 9.34. The highest BCUT2D eigenvalue weighted by molar-refractivity contribution is 9.10. The summed E-state index contributed by atoms with van der Waals surface area (Å²) in [5, 5.41) is 9.22. The van der Waals surface area contributed by atoms with Crippen LogP contribution in [0.3, 0.4) is 0 Å². The molecule has 2 nitrogen and oxygen atoms in total. The van der Waals surface area contributed by atoms with Gasteiger partial charge >= 0.3 is 0 Å². The molecule has 0 bridgehead atoms. The molecule has 1 atom stereocenters. The monoisotopic (exact) mass is 244 g/mol. The lowest BCUT2D eigenvalue weighted by molar-refractivity contribution is -0.0427. The van der Waals surface area contributed by atoms with E-state index in [0.717, 1.165) is 10.0 Å². The van der Waals surface area contributed by atoms with Crippen molar-refractivity contribution in [2.24, 2.45) is 0 Å². The number of methoxy groups -OCH3 is 1. The molecule has 0 spiro atoms. The van der Waals surface area contributed by atoms with Gasteiger partial charge in [0.15, 0.2) is 0 Å². The van der Waals surface area contributed by atoms with Gasteiger partial charge < -0.3 is 9.84 Å². The molecule has 0 saturated heterocycles. The molecule has 0 fully saturated rings. The number of ether oxygens (including phenoxy) is 1. The van der Waals surface area contributed by atoms with Crippen molar-refractivity contribution in [1.29, 1.82) is 0 Å². The minimum absolute atomic E-state index is 0.0356. The van der Waals surface area contributed by atoms with Crippen molar-refractivity contribution >= 4 is 15.9 Å². The van der Waals surface area contributed by atoms with Gasteiger partial charge in [-0.3, -0.25) is 0 Å². The molecule has 3 heteroatoms. The highest BCUT2D eigenvalue weighted by atomic mass is 79.9. The van der Waals surface area contributed by atoms with Gasteiger partial charge in [-0.15, -0.1) is 0 Å². The average molecular weight is 245 g/mol. The van der Waals surface area contributed by atoms with Crippen LogP contribution in [-0.4, -0.2) is 18.8 Å². The molecule has 1 rings (SSSR count). The molecule has 0 heterocycles. The van der Waals surface area contributed by atoms with Crippen molar-refractivity contribution in [2.75, 3.05) is 13.7 Å². The van der Waals surface area contributed by atoms with E-state index in [1.54, 1.807) is 7.11 Å². The smallest absolute Gasteiger partial charge is 0.114 e. The fraction of sp³-hybridized carbons (Fsp3) is 0.400. The lowest BCUT2D eigenvalue weighted by atomic mass is 9.97. The predicted molar refractivity (Wildman–Crippen MR) is 55.6 cm³/mol. The summed E-state index contributed by atoms with van der Waals surface area (Å²) in [6, 6.07) is 7.72. The first-order chi connectivity index (χ1) is 6.14. The Morgan fingerprint density at radius 2 is 2.08 bits per heavy atom. The van der Waals surface area contributed by atoms with Gasteiger partial charge in [-0.1, -0.05) is 34.1 Å². The van der Waals surface area contributed by atoms with Crippen LogP contribution in [0.5, 0.6) is 0 Å². The molecular formula is C10H13BrO2. The Kier molecular flexibility index (Phi) is 3.47. The van der Waals surface area contributed by atoms with Gasteiger partial charge in [-0.25, -0.2) is 0 Å². The topological polar surface area (TPSA) is 29.5 Å². The van der Waals surface area contributed by atoms with Crippen LogP contribution in [0.2, 0.25) is 0 Å². The van der Waals surface area contributed by atoms with E-state index in [4.69, 9.17) is 4.74 Å². The predicted octanol–water partition coefficient (Wildman–Crippen LogP) is 2.30. The maximum Gasteiger partial charge on any atom is 0.114 e. The van der Waals surface area contributed by atoms with Crippen LogP contribution in [0.4, 0.5) is 0 Å². The largest absolute Gasteiger partial charge is 0.393 e. The number of rotatable bonds is 3. The SMILES string of the molecule is COC(C)(CO)c1ccccc1Br. The highest BCUT2D eigenvalue weighted by Gasteiger charge is 2.26. The van der Waals surface area contributed by atoms with Crippen LogP contribution >= 0.6 is 15.9 Å². The van der Waals surface area contributed by atoms with Crippen molar-refractivity contribution < 1.29 is 9.84 Å². The van der Waals surface area contributed by atoms with Crippen molar-refractivity contribution in [3.8, 4) is 0 Å². The van der Waals surface area contributed by atoms with Crippen LogP contribution in [-0.2, 0) is 10.3 Å². The average Bonchev–Trinajstić information content (AvgIpc) is 2.17. The van der Waals surface area contributed by atoms with E-state index in [-0.39, 0.29) is 6.61 Å². The number of hydrogen-bond donors (Lipinski definition) is 1. The van der Waals surface area contributed by atoms with E-state index < -0.39 is 5.60 Å². The zero-order chi connectivity index (χ0) is 9.90. The van der Waals surface area contributed by atoms with Gasteiger partial charge in [-0.05, 0) is 18.6 Å². The molecule has 0 saturated carbocycles. The summed E-state index contributed by atoms with van der Waals surface area (Å²) in [5.74, 6) is 0. The van der Waals surface area contributed by atoms with Crippen LogP contribution in [0, 0.1) is 0 Å². The van der Waals surface area contributed by atoms with E-state index in [0.29, 0.717) is 0 Å². The van der Waals surface area contributed by atoms with E-state index in [2.05, 4.69) is 15.9 Å². The molecule has 0 aromatic heterocycles. The van der Waals surface area contributed by atoms with E-state index in [9.17, 15) is 5.11 Å². The summed E-state index contributed by atoms with van der Waals surface area (Å²) in [5.41, 5.74) is 0.333. The zero-order valence-electron chi connectivity index (χ0n) is 7.75. The molecule has 0 aliphatic rings. The summed E-state index contributed by atoms with van der Waals surface area (Å²) >= 11 is 3.42. The van der Waals surface area contributed by atoms with Gasteiger partial charge in [0.05, 0.1) is 6.61 Å². The van der Waals surface area contributed by atoms with Gasteiger partial charge in [-0.2, -0.15) is 0 Å². The lowest BCUT2D eigenvalue weighted by Gasteiger charge is -2.27. The van der Waals surface area contributed by atoms with Crippen molar-refractivity contribution in [3.63, 3.8) is 0 Å². The first-order valence-electron chi connectivity index (χ1n) is 4.05. The molecule has 1 unspecified atom stereocenters. The molecule has 0 radical (unpaired) electrons. The third kappa shape index (κ3) is 2.10. The molecule has 1 N–H and O–H groups in total. The Morgan fingerprint density at radius 3 is 2.54 bits per heavy atom. The molecule has 0 amide bonds. The normalized spacial score (nSPS) is 15.4. The molecular weight excluding hydrogens is 232 g/mol. The number of halogens is 1. The standard InChI is InChI=1S/C10H13BrO2/c1-10(7-12,13-2)8-5-3-4-6-9(8)11/h3-6,12H,7H2,1-2H3. The van der Waals surface area contributed by atoms with Crippen LogP contribution < -0.4 is 0 Å². The van der Waals surface area contributed by atoms with E-state index in [1.807, 2.05) is 31.2 Å². The van der Waals surface area contributed by atoms with Crippen molar-refractivity contribution in [2.45, 2.75) is 12.5 Å². The Labute approximate surface area is 86.7 Å². The first-order valence-corrected chi connectivity index (χ1v) is 4.84. The number of hydrogen-bond acceptors (Lipinski definition) is 2. The number of aliphatic hydroxyl groups is 1. The number of benzene rings is 1. The Hall–Kier alpha value is -0.380. The van der Waals surface area contributed by atoms with E-state index >= 15 is 0 Å². The highest BCUT2D eigenvalue weighted by Crippen LogP contribution is 2.30. The van der Waals surface area contributed by atoms with Gasteiger partial charge in [0.1, 0.15) is 5.60 Å². The fourth-order valence-electron chi connectivity index (χ4n) is 1.15. The maximum atomic E-state index is 9.22. The van der Waals surface area contributed by atoms with Crippen LogP contribution in [0.15, 0.2) is 28.7 Å². The van der Waals surface area contributed by atoms with Gasteiger partial charge in [0.25, 0.3) is 0 Å². The Balaban J connectivity index is 3.12. The second-order valence-corrected chi connectivity index (χ2v) is 3.93. The first kappa shape index (κ1) is 10.7. The minimum Gasteiger partial charge on any atom is -0.393 e. The molecule has 1 aromatic rings. The summed E-state index contributed by atoms with van der Waals surface area (Å²) in [6.07, 6.45) is 0. The second kappa shape index (κ2) is 4.22. The third-order valence-electron chi connectivity index (χ3n) is 2.20. The van der Waals surface area contributed by atoms with Crippen molar-refractivity contribution in [1.82, 2.24) is 0 Å². The summed E-state index contributed by atoms with van der Waals surface area (Å²) in [4.78, 5) is 0. The summed E-state index contributed by atoms with van der Waals surface area (Å²) in [7, 11) is 1.59. The maximum absolute atomic E-state index is 9.22. The molecule has 1 aromatic carbocycles. The fourth-order valence-corrected chi connectivity index (χ4v) is 1.85. The van der Waals surface area contributed by atoms with Gasteiger partial charge in [0.2, 0.25) is 0 Å². The molecule has 0 aliphatic carbocycles. The van der Waals surface area contributed by atoms with E-state index in [1.165, 1.54) is 0 Å². The second-order valence-electron chi connectivity index (χ2n) is 3.07. The quantitative estimate of drug-likeness (QED) is 0.885. The molecule has 0 aliphatic heterocycles. The minimum atomic E-state index is -0.625. The molecule has 13 heavy (non-hydrogen) atoms.